The van der Waals surface area contributed by atoms with Gasteiger partial charge in [0.2, 0.25) is 0 Å². The molecule has 5 nitrogen and oxygen atoms in total. The van der Waals surface area contributed by atoms with E-state index in [1.54, 1.807) is 0 Å². The molecular weight excluding hydrogens is 178 g/mol. The maximum atomic E-state index is 10.5. The largest absolute Gasteiger partial charge is 0.476 e. The van der Waals surface area contributed by atoms with E-state index in [2.05, 4.69) is 4.98 Å². The van der Waals surface area contributed by atoms with Crippen molar-refractivity contribution < 1.29 is 9.90 Å². The lowest BCUT2D eigenvalue weighted by molar-refractivity contribution is 0.0692. The average molecular weight is 187 g/mol. The van der Waals surface area contributed by atoms with Crippen LogP contribution in [0.1, 0.15) is 15.5 Å². The summed E-state index contributed by atoms with van der Waals surface area (Å²) in [4.78, 5) is 14.3. The summed E-state index contributed by atoms with van der Waals surface area (Å²) in [6.07, 6.45) is 0.572. The third-order valence-electron chi connectivity index (χ3n) is 1.26. The average Bonchev–Trinajstić information content (AvgIpc) is 2.32. The number of rotatable bonds is 3. The minimum Gasteiger partial charge on any atom is -0.476 e. The van der Waals surface area contributed by atoms with Crippen molar-refractivity contribution in [3.05, 3.63) is 10.7 Å². The zero-order valence-electron chi connectivity index (χ0n) is 6.28. The SMILES string of the molecule is NCCc1nc(C(=O)O)c(N)s1. The first-order chi connectivity index (χ1) is 5.65. The smallest absolute Gasteiger partial charge is 0.357 e. The number of nitrogens with zero attached hydrogens (tertiary/aromatic N) is 1. The minimum atomic E-state index is -1.09. The van der Waals surface area contributed by atoms with Crippen LogP contribution in [0.4, 0.5) is 5.00 Å². The number of aromatic nitrogens is 1. The predicted molar refractivity (Wildman–Crippen MR) is 46.2 cm³/mol. The predicted octanol–water partition coefficient (Wildman–Crippen LogP) is -0.0753. The highest BCUT2D eigenvalue weighted by Crippen LogP contribution is 2.20. The molecule has 0 amide bonds. The van der Waals surface area contributed by atoms with Gasteiger partial charge in [-0.2, -0.15) is 0 Å². The molecule has 0 fully saturated rings. The molecule has 0 saturated heterocycles. The number of carbonyl (C=O) groups is 1. The molecule has 0 aliphatic heterocycles. The van der Waals surface area contributed by atoms with Crippen molar-refractivity contribution in [3.8, 4) is 0 Å². The Morgan fingerprint density at radius 3 is 2.75 bits per heavy atom. The van der Waals surface area contributed by atoms with E-state index in [1.807, 2.05) is 0 Å². The number of hydrogen-bond acceptors (Lipinski definition) is 5. The second-order valence-corrected chi connectivity index (χ2v) is 3.28. The summed E-state index contributed by atoms with van der Waals surface area (Å²) < 4.78 is 0. The molecule has 66 valence electrons. The molecule has 1 aromatic heterocycles. The normalized spacial score (nSPS) is 10.1. The molecule has 0 spiro atoms. The maximum Gasteiger partial charge on any atom is 0.357 e. The molecule has 0 bridgehead atoms. The van der Waals surface area contributed by atoms with E-state index in [9.17, 15) is 4.79 Å². The first-order valence-electron chi connectivity index (χ1n) is 3.33. The molecule has 0 unspecified atom stereocenters. The number of aromatic carboxylic acids is 1. The number of thiazole rings is 1. The van der Waals surface area contributed by atoms with Crippen LogP contribution in [0.25, 0.3) is 0 Å². The van der Waals surface area contributed by atoms with Gasteiger partial charge in [0.05, 0.1) is 5.01 Å². The second kappa shape index (κ2) is 3.51. The third kappa shape index (κ3) is 1.72. The number of carboxylic acids is 1. The van der Waals surface area contributed by atoms with Crippen molar-refractivity contribution in [1.82, 2.24) is 4.98 Å². The van der Waals surface area contributed by atoms with Crippen molar-refractivity contribution in [2.75, 3.05) is 12.3 Å². The van der Waals surface area contributed by atoms with Crippen molar-refractivity contribution in [2.24, 2.45) is 5.73 Å². The van der Waals surface area contributed by atoms with E-state index >= 15 is 0 Å². The van der Waals surface area contributed by atoms with Gasteiger partial charge in [-0.3, -0.25) is 0 Å². The van der Waals surface area contributed by atoms with Gasteiger partial charge in [0, 0.05) is 6.42 Å². The van der Waals surface area contributed by atoms with Crippen molar-refractivity contribution in [3.63, 3.8) is 0 Å². The van der Waals surface area contributed by atoms with E-state index in [1.165, 1.54) is 11.3 Å². The molecule has 0 radical (unpaired) electrons. The standard InChI is InChI=1S/C6H9N3O2S/c7-2-1-3-9-4(6(10)11)5(8)12-3/h1-2,7-8H2,(H,10,11). The van der Waals surface area contributed by atoms with E-state index in [0.29, 0.717) is 18.0 Å². The van der Waals surface area contributed by atoms with Gasteiger partial charge in [0.1, 0.15) is 5.00 Å². The molecule has 6 heteroatoms. The summed E-state index contributed by atoms with van der Waals surface area (Å²) in [5, 5.41) is 9.50. The molecule has 0 aromatic carbocycles. The molecular formula is C6H9N3O2S. The Balaban J connectivity index is 2.92. The molecule has 1 rings (SSSR count). The van der Waals surface area contributed by atoms with Crippen LogP contribution in [-0.4, -0.2) is 22.6 Å². The molecule has 0 aliphatic rings. The Morgan fingerprint density at radius 1 is 1.67 bits per heavy atom. The Bertz CT molecular complexity index is 297. The van der Waals surface area contributed by atoms with Gasteiger partial charge >= 0.3 is 5.97 Å². The highest BCUT2D eigenvalue weighted by atomic mass is 32.1. The summed E-state index contributed by atoms with van der Waals surface area (Å²) in [5.74, 6) is -1.09. The fourth-order valence-corrected chi connectivity index (χ4v) is 1.60. The lowest BCUT2D eigenvalue weighted by Crippen LogP contribution is -2.04. The Morgan fingerprint density at radius 2 is 2.33 bits per heavy atom. The van der Waals surface area contributed by atoms with E-state index in [-0.39, 0.29) is 10.7 Å². The van der Waals surface area contributed by atoms with Crippen molar-refractivity contribution in [2.45, 2.75) is 6.42 Å². The number of nitrogen functional groups attached to an aromatic ring is 1. The fourth-order valence-electron chi connectivity index (χ4n) is 0.762. The van der Waals surface area contributed by atoms with Gasteiger partial charge in [0.25, 0.3) is 0 Å². The van der Waals surface area contributed by atoms with Crippen LogP contribution in [0.2, 0.25) is 0 Å². The Labute approximate surface area is 73.0 Å². The highest BCUT2D eigenvalue weighted by molar-refractivity contribution is 7.15. The van der Waals surface area contributed by atoms with Crippen LogP contribution < -0.4 is 11.5 Å². The summed E-state index contributed by atoms with van der Waals surface area (Å²) in [7, 11) is 0. The van der Waals surface area contributed by atoms with Gasteiger partial charge in [-0.25, -0.2) is 9.78 Å². The summed E-state index contributed by atoms with van der Waals surface area (Å²) in [6.45, 7) is 0.450. The molecule has 1 heterocycles. The van der Waals surface area contributed by atoms with Crippen LogP contribution in [-0.2, 0) is 6.42 Å². The molecule has 5 N–H and O–H groups in total. The molecule has 0 atom stereocenters. The van der Waals surface area contributed by atoms with Crippen LogP contribution in [0, 0.1) is 0 Å². The van der Waals surface area contributed by atoms with E-state index in [0.717, 1.165) is 0 Å². The molecule has 0 saturated carbocycles. The van der Waals surface area contributed by atoms with Gasteiger partial charge in [-0.15, -0.1) is 11.3 Å². The topological polar surface area (TPSA) is 102 Å². The van der Waals surface area contributed by atoms with Gasteiger partial charge in [-0.05, 0) is 6.54 Å². The lowest BCUT2D eigenvalue weighted by Gasteiger charge is -1.86. The Hall–Kier alpha value is -1.14. The van der Waals surface area contributed by atoms with Gasteiger partial charge in [-0.1, -0.05) is 0 Å². The summed E-state index contributed by atoms with van der Waals surface area (Å²) >= 11 is 1.17. The molecule has 0 aliphatic carbocycles. The second-order valence-electron chi connectivity index (χ2n) is 2.16. The van der Waals surface area contributed by atoms with Crippen LogP contribution in [0.5, 0.6) is 0 Å². The van der Waals surface area contributed by atoms with Crippen LogP contribution in [0.15, 0.2) is 0 Å². The zero-order chi connectivity index (χ0) is 9.14. The van der Waals surface area contributed by atoms with Crippen LogP contribution >= 0.6 is 11.3 Å². The number of nitrogens with two attached hydrogens (primary N) is 2. The quantitative estimate of drug-likeness (QED) is 0.614. The minimum absolute atomic E-state index is 0.0662. The fraction of sp³-hybridized carbons (Fsp3) is 0.333. The van der Waals surface area contributed by atoms with Gasteiger partial charge in [0.15, 0.2) is 5.69 Å². The molecule has 12 heavy (non-hydrogen) atoms. The number of anilines is 1. The molecule has 1 aromatic rings. The zero-order valence-corrected chi connectivity index (χ0v) is 7.10. The number of carboxylic acid groups (broad SMARTS) is 1. The van der Waals surface area contributed by atoms with Gasteiger partial charge < -0.3 is 16.6 Å². The maximum absolute atomic E-state index is 10.5. The first kappa shape index (κ1) is 8.95. The van der Waals surface area contributed by atoms with Crippen molar-refractivity contribution >= 4 is 22.3 Å². The Kier molecular flexibility index (Phi) is 2.61. The van der Waals surface area contributed by atoms with Crippen LogP contribution in [0.3, 0.4) is 0 Å². The number of hydrogen-bond donors (Lipinski definition) is 3. The summed E-state index contributed by atoms with van der Waals surface area (Å²) in [6, 6.07) is 0. The monoisotopic (exact) mass is 187 g/mol. The highest BCUT2D eigenvalue weighted by Gasteiger charge is 2.13. The summed E-state index contributed by atoms with van der Waals surface area (Å²) in [5.41, 5.74) is 10.6. The third-order valence-corrected chi connectivity index (χ3v) is 2.20. The first-order valence-corrected chi connectivity index (χ1v) is 4.15. The lowest BCUT2D eigenvalue weighted by atomic mass is 10.4. The van der Waals surface area contributed by atoms with Crippen molar-refractivity contribution in [1.29, 1.82) is 0 Å². The van der Waals surface area contributed by atoms with E-state index in [4.69, 9.17) is 16.6 Å². The van der Waals surface area contributed by atoms with E-state index < -0.39 is 5.97 Å².